The van der Waals surface area contributed by atoms with E-state index in [0.717, 1.165) is 31.5 Å². The summed E-state index contributed by atoms with van der Waals surface area (Å²) in [6.45, 7) is 3.97. The maximum atomic E-state index is 13.0. The van der Waals surface area contributed by atoms with Gasteiger partial charge in [0, 0.05) is 26.0 Å². The van der Waals surface area contributed by atoms with Crippen molar-refractivity contribution in [3.8, 4) is 0 Å². The fraction of sp³-hybridized carbons (Fsp3) is 0.387. The fourth-order valence-electron chi connectivity index (χ4n) is 5.01. The first-order valence-corrected chi connectivity index (χ1v) is 13.3. The van der Waals surface area contributed by atoms with Gasteiger partial charge >= 0.3 is 0 Å². The molecule has 1 saturated heterocycles. The van der Waals surface area contributed by atoms with Crippen molar-refractivity contribution < 1.29 is 19.0 Å². The minimum Gasteiger partial charge on any atom is -0.377 e. The van der Waals surface area contributed by atoms with Crippen molar-refractivity contribution in [1.29, 1.82) is 0 Å². The Hall–Kier alpha value is -3.03. The van der Waals surface area contributed by atoms with Crippen LogP contribution in [0.25, 0.3) is 10.8 Å². The summed E-state index contributed by atoms with van der Waals surface area (Å²) in [5.74, 6) is 0.0841. The second-order valence-corrected chi connectivity index (χ2v) is 9.74. The zero-order valence-electron chi connectivity index (χ0n) is 21.3. The molecule has 1 N–H and O–H groups in total. The summed E-state index contributed by atoms with van der Waals surface area (Å²) in [6, 6.07) is 24.9. The Morgan fingerprint density at radius 1 is 0.865 bits per heavy atom. The van der Waals surface area contributed by atoms with Gasteiger partial charge < -0.3 is 24.4 Å². The molecular weight excluding hydrogens is 464 g/mol. The standard InChI is InChI=1S/C31H36N2O4/c34-31-20-28(36-18-6-17-35-22-24-7-2-1-3-8-24)14-16-33(31)29-21-32-15-13-30(29)37-23-25-11-12-26-9-4-5-10-27(26)19-25/h1-5,7-12,14,16,19,28-30,32H,6,13,15,17-18,20-23H2. The highest BCUT2D eigenvalue weighted by Crippen LogP contribution is 2.23. The van der Waals surface area contributed by atoms with Crippen LogP contribution in [0.15, 0.2) is 85.1 Å². The molecule has 6 heteroatoms. The Kier molecular flexibility index (Phi) is 8.98. The SMILES string of the molecule is O=C1CC(OCCCOCc2ccccc2)C=CN1C1CNCCC1OCc1ccc2ccccc2c1. The van der Waals surface area contributed by atoms with E-state index in [0.29, 0.717) is 32.8 Å². The van der Waals surface area contributed by atoms with Crippen LogP contribution in [0, 0.1) is 0 Å². The summed E-state index contributed by atoms with van der Waals surface area (Å²) < 4.78 is 18.0. The highest BCUT2D eigenvalue weighted by atomic mass is 16.5. The number of nitrogens with one attached hydrogen (secondary N) is 1. The summed E-state index contributed by atoms with van der Waals surface area (Å²) in [4.78, 5) is 14.9. The highest BCUT2D eigenvalue weighted by Gasteiger charge is 2.35. The zero-order valence-corrected chi connectivity index (χ0v) is 21.3. The van der Waals surface area contributed by atoms with Crippen molar-refractivity contribution in [2.45, 2.75) is 50.7 Å². The van der Waals surface area contributed by atoms with Crippen LogP contribution in [0.3, 0.4) is 0 Å². The topological polar surface area (TPSA) is 60.0 Å². The molecular formula is C31H36N2O4. The van der Waals surface area contributed by atoms with E-state index in [2.05, 4.69) is 59.9 Å². The third kappa shape index (κ3) is 7.05. The molecule has 3 aromatic rings. The molecule has 37 heavy (non-hydrogen) atoms. The summed E-state index contributed by atoms with van der Waals surface area (Å²) in [6.07, 6.45) is 5.72. The van der Waals surface area contributed by atoms with Gasteiger partial charge in [0.2, 0.25) is 5.91 Å². The van der Waals surface area contributed by atoms with Crippen LogP contribution < -0.4 is 5.32 Å². The van der Waals surface area contributed by atoms with Gasteiger partial charge in [-0.25, -0.2) is 0 Å². The van der Waals surface area contributed by atoms with Crippen molar-refractivity contribution in [1.82, 2.24) is 10.2 Å². The van der Waals surface area contributed by atoms with Crippen molar-refractivity contribution in [2.75, 3.05) is 26.3 Å². The highest BCUT2D eigenvalue weighted by molar-refractivity contribution is 5.83. The molecule has 194 valence electrons. The van der Waals surface area contributed by atoms with Gasteiger partial charge in [-0.15, -0.1) is 0 Å². The van der Waals surface area contributed by atoms with Crippen LogP contribution in [0.1, 0.15) is 30.4 Å². The molecule has 0 saturated carbocycles. The maximum absolute atomic E-state index is 13.0. The Labute approximate surface area is 219 Å². The number of amides is 1. The number of hydrogen-bond acceptors (Lipinski definition) is 5. The van der Waals surface area contributed by atoms with Crippen LogP contribution >= 0.6 is 0 Å². The molecule has 2 heterocycles. The smallest absolute Gasteiger partial charge is 0.229 e. The molecule has 2 aliphatic heterocycles. The van der Waals surface area contributed by atoms with E-state index in [-0.39, 0.29) is 24.2 Å². The van der Waals surface area contributed by atoms with Gasteiger partial charge in [-0.1, -0.05) is 66.7 Å². The molecule has 1 fully saturated rings. The van der Waals surface area contributed by atoms with E-state index in [1.54, 1.807) is 0 Å². The minimum atomic E-state index is -0.189. The van der Waals surface area contributed by atoms with Crippen molar-refractivity contribution in [2.24, 2.45) is 0 Å². The van der Waals surface area contributed by atoms with Crippen molar-refractivity contribution in [3.63, 3.8) is 0 Å². The Bertz CT molecular complexity index is 1180. The predicted octanol–water partition coefficient (Wildman–Crippen LogP) is 4.83. The lowest BCUT2D eigenvalue weighted by atomic mass is 9.99. The van der Waals surface area contributed by atoms with Gasteiger partial charge in [-0.2, -0.15) is 0 Å². The molecule has 5 rings (SSSR count). The van der Waals surface area contributed by atoms with E-state index in [9.17, 15) is 4.79 Å². The van der Waals surface area contributed by atoms with Crippen molar-refractivity contribution in [3.05, 3.63) is 96.2 Å². The number of hydrogen-bond donors (Lipinski definition) is 1. The van der Waals surface area contributed by atoms with Gasteiger partial charge in [-0.05, 0) is 53.4 Å². The molecule has 0 radical (unpaired) electrons. The number of benzene rings is 3. The summed E-state index contributed by atoms with van der Waals surface area (Å²) >= 11 is 0. The van der Waals surface area contributed by atoms with E-state index >= 15 is 0 Å². The molecule has 0 spiro atoms. The van der Waals surface area contributed by atoms with Gasteiger partial charge in [0.15, 0.2) is 0 Å². The summed E-state index contributed by atoms with van der Waals surface area (Å²) in [5, 5.41) is 5.87. The van der Waals surface area contributed by atoms with E-state index < -0.39 is 0 Å². The summed E-state index contributed by atoms with van der Waals surface area (Å²) in [7, 11) is 0. The van der Waals surface area contributed by atoms with Gasteiger partial charge in [-0.3, -0.25) is 4.79 Å². The normalized spacial score (nSPS) is 22.0. The molecule has 6 nitrogen and oxygen atoms in total. The second kappa shape index (κ2) is 13.0. The molecule has 1 amide bonds. The quantitative estimate of drug-likeness (QED) is 0.383. The fourth-order valence-corrected chi connectivity index (χ4v) is 5.01. The number of ether oxygens (including phenoxy) is 3. The average Bonchev–Trinajstić information content (AvgIpc) is 2.94. The molecule has 0 aliphatic carbocycles. The first-order valence-electron chi connectivity index (χ1n) is 13.3. The Morgan fingerprint density at radius 2 is 1.70 bits per heavy atom. The Balaban J connectivity index is 1.08. The van der Waals surface area contributed by atoms with Crippen LogP contribution in [0.5, 0.6) is 0 Å². The lowest BCUT2D eigenvalue weighted by Crippen LogP contribution is -2.56. The van der Waals surface area contributed by atoms with Crippen LogP contribution in [-0.2, 0) is 32.2 Å². The number of carbonyl (C=O) groups is 1. The number of rotatable bonds is 11. The van der Waals surface area contributed by atoms with Crippen molar-refractivity contribution >= 4 is 16.7 Å². The van der Waals surface area contributed by atoms with Gasteiger partial charge in [0.25, 0.3) is 0 Å². The first kappa shape index (κ1) is 25.6. The van der Waals surface area contributed by atoms with E-state index in [1.807, 2.05) is 35.4 Å². The van der Waals surface area contributed by atoms with E-state index in [4.69, 9.17) is 14.2 Å². The minimum absolute atomic E-state index is 0.0134. The van der Waals surface area contributed by atoms with Gasteiger partial charge in [0.1, 0.15) is 0 Å². The van der Waals surface area contributed by atoms with Gasteiger partial charge in [0.05, 0.1) is 37.9 Å². The molecule has 3 unspecified atom stereocenters. The lowest BCUT2D eigenvalue weighted by molar-refractivity contribution is -0.138. The summed E-state index contributed by atoms with van der Waals surface area (Å²) in [5.41, 5.74) is 2.32. The third-order valence-electron chi connectivity index (χ3n) is 7.03. The average molecular weight is 501 g/mol. The molecule has 0 aromatic heterocycles. The Morgan fingerprint density at radius 3 is 2.57 bits per heavy atom. The number of carbonyl (C=O) groups excluding carboxylic acids is 1. The number of fused-ring (bicyclic) bond motifs is 1. The van der Waals surface area contributed by atoms with Crippen LogP contribution in [0.4, 0.5) is 0 Å². The molecule has 0 bridgehead atoms. The van der Waals surface area contributed by atoms with Crippen LogP contribution in [-0.4, -0.2) is 55.4 Å². The second-order valence-electron chi connectivity index (χ2n) is 9.74. The predicted molar refractivity (Wildman–Crippen MR) is 145 cm³/mol. The number of nitrogens with zero attached hydrogens (tertiary/aromatic N) is 1. The third-order valence-corrected chi connectivity index (χ3v) is 7.03. The maximum Gasteiger partial charge on any atom is 0.229 e. The molecule has 2 aliphatic rings. The molecule has 3 aromatic carbocycles. The molecule has 3 atom stereocenters. The van der Waals surface area contributed by atoms with E-state index in [1.165, 1.54) is 16.3 Å². The first-order chi connectivity index (χ1) is 18.3. The number of piperidine rings is 1. The largest absolute Gasteiger partial charge is 0.377 e. The van der Waals surface area contributed by atoms with Crippen LogP contribution in [0.2, 0.25) is 0 Å². The zero-order chi connectivity index (χ0) is 25.3. The monoisotopic (exact) mass is 500 g/mol. The lowest BCUT2D eigenvalue weighted by Gasteiger charge is -2.40.